The fourth-order valence-electron chi connectivity index (χ4n) is 5.29. The number of aryl methyl sites for hydroxylation is 1. The fraction of sp³-hybridized carbons (Fsp3) is 0.481. The van der Waals surface area contributed by atoms with E-state index in [0.29, 0.717) is 18.4 Å². The number of rotatable bonds is 4. The summed E-state index contributed by atoms with van der Waals surface area (Å²) in [5, 5.41) is 3.50. The maximum atomic E-state index is 12.1. The first kappa shape index (κ1) is 21.6. The zero-order chi connectivity index (χ0) is 22.6. The molecule has 0 saturated heterocycles. The lowest BCUT2D eigenvalue weighted by molar-refractivity contribution is -0.123. The smallest absolute Gasteiger partial charge is 0.148 e. The molecular weight excluding hydrogens is 386 g/mol. The average molecular weight is 418 g/mol. The molecule has 0 aromatic heterocycles. The normalized spacial score (nSPS) is 21.1. The molecule has 0 heterocycles. The first-order valence-electron chi connectivity index (χ1n) is 11.2. The summed E-state index contributed by atoms with van der Waals surface area (Å²) in [6, 6.07) is 11.1. The molecule has 0 amide bonds. The van der Waals surface area contributed by atoms with Crippen molar-refractivity contribution in [2.45, 2.75) is 83.1 Å². The van der Waals surface area contributed by atoms with Crippen LogP contribution in [0.3, 0.4) is 0 Å². The van der Waals surface area contributed by atoms with E-state index < -0.39 is 12.0 Å². The van der Waals surface area contributed by atoms with Gasteiger partial charge in [0.2, 0.25) is 0 Å². The maximum Gasteiger partial charge on any atom is 0.148 e. The Labute approximate surface area is 184 Å². The number of hydrogen-bond donors (Lipinski definition) is 0. The van der Waals surface area contributed by atoms with Crippen molar-refractivity contribution in [3.05, 3.63) is 74.7 Å². The monoisotopic (exact) mass is 417 g/mol. The number of Topliss-reactive ketones (excluding diaryl/α,β-unsaturated/α-hetero) is 2. The lowest BCUT2D eigenvalue weighted by Crippen LogP contribution is -2.34. The highest BCUT2D eigenvalue weighted by molar-refractivity contribution is 6.13. The van der Waals surface area contributed by atoms with Crippen LogP contribution in [0.15, 0.2) is 41.6 Å². The molecule has 1 fully saturated rings. The summed E-state index contributed by atoms with van der Waals surface area (Å²) in [6.07, 6.45) is 2.89. The SMILES string of the molecule is Cc1cc2c(cc1C(N=O)c1ccc(C3C(=O)CCC3=O)cc1)C(C)(C)CCC2(C)C. The van der Waals surface area contributed by atoms with Crippen LogP contribution in [0.4, 0.5) is 0 Å². The van der Waals surface area contributed by atoms with Gasteiger partial charge < -0.3 is 0 Å². The van der Waals surface area contributed by atoms with Gasteiger partial charge in [-0.3, -0.25) is 9.59 Å². The van der Waals surface area contributed by atoms with Crippen LogP contribution in [0, 0.1) is 11.8 Å². The van der Waals surface area contributed by atoms with Crippen molar-refractivity contribution in [1.82, 2.24) is 0 Å². The molecule has 0 aliphatic heterocycles. The quantitative estimate of drug-likeness (QED) is 0.438. The predicted octanol–water partition coefficient (Wildman–Crippen LogP) is 6.22. The number of ketones is 2. The molecule has 1 atom stereocenters. The fourth-order valence-corrected chi connectivity index (χ4v) is 5.29. The molecule has 0 radical (unpaired) electrons. The van der Waals surface area contributed by atoms with Gasteiger partial charge in [0.1, 0.15) is 23.5 Å². The van der Waals surface area contributed by atoms with E-state index in [1.165, 1.54) is 11.1 Å². The zero-order valence-corrected chi connectivity index (χ0v) is 19.1. The molecule has 0 bridgehead atoms. The summed E-state index contributed by atoms with van der Waals surface area (Å²) in [5.41, 5.74) is 6.33. The molecule has 0 spiro atoms. The van der Waals surface area contributed by atoms with Gasteiger partial charge in [0.15, 0.2) is 0 Å². The molecule has 2 aliphatic carbocycles. The standard InChI is InChI=1S/C27H31NO3/c1-16-14-20-21(27(4,5)13-12-26(20,2)3)15-19(16)25(28-31)18-8-6-17(7-9-18)24-22(29)10-11-23(24)30/h6-9,14-15,24-25H,10-13H2,1-5H3. The molecule has 4 rings (SSSR count). The first-order valence-corrected chi connectivity index (χ1v) is 11.2. The zero-order valence-electron chi connectivity index (χ0n) is 19.1. The number of fused-ring (bicyclic) bond motifs is 1. The molecule has 2 aromatic carbocycles. The Bertz CT molecular complexity index is 1050. The summed E-state index contributed by atoms with van der Waals surface area (Å²) in [7, 11) is 0. The summed E-state index contributed by atoms with van der Waals surface area (Å²) >= 11 is 0. The Kier molecular flexibility index (Phi) is 5.23. The van der Waals surface area contributed by atoms with Crippen LogP contribution in [0.25, 0.3) is 0 Å². The minimum absolute atomic E-state index is 0.0156. The molecule has 31 heavy (non-hydrogen) atoms. The van der Waals surface area contributed by atoms with Gasteiger partial charge in [0.05, 0.1) is 0 Å². The van der Waals surface area contributed by atoms with Crippen LogP contribution in [0.5, 0.6) is 0 Å². The third-order valence-corrected chi connectivity index (χ3v) is 7.49. The van der Waals surface area contributed by atoms with Gasteiger partial charge in [0.25, 0.3) is 0 Å². The second-order valence-corrected chi connectivity index (χ2v) is 10.6. The minimum Gasteiger partial charge on any atom is -0.299 e. The maximum absolute atomic E-state index is 12.1. The summed E-state index contributed by atoms with van der Waals surface area (Å²) < 4.78 is 0. The Morgan fingerprint density at radius 2 is 1.39 bits per heavy atom. The van der Waals surface area contributed by atoms with Gasteiger partial charge in [-0.1, -0.05) is 69.3 Å². The van der Waals surface area contributed by atoms with Crippen LogP contribution >= 0.6 is 0 Å². The van der Waals surface area contributed by atoms with E-state index in [9.17, 15) is 14.5 Å². The van der Waals surface area contributed by atoms with Crippen LogP contribution in [-0.2, 0) is 20.4 Å². The number of nitroso groups, excluding NO2 is 1. The summed E-state index contributed by atoms with van der Waals surface area (Å²) in [5.74, 6) is -0.679. The molecule has 2 aliphatic rings. The lowest BCUT2D eigenvalue weighted by atomic mass is 9.62. The largest absolute Gasteiger partial charge is 0.299 e. The molecule has 1 saturated carbocycles. The average Bonchev–Trinajstić information content (AvgIpc) is 3.06. The van der Waals surface area contributed by atoms with Gasteiger partial charge in [0, 0.05) is 12.8 Å². The molecule has 4 nitrogen and oxygen atoms in total. The van der Waals surface area contributed by atoms with Gasteiger partial charge in [-0.05, 0) is 64.0 Å². The van der Waals surface area contributed by atoms with E-state index in [4.69, 9.17) is 0 Å². The van der Waals surface area contributed by atoms with E-state index in [1.807, 2.05) is 12.1 Å². The molecule has 4 heteroatoms. The summed E-state index contributed by atoms with van der Waals surface area (Å²) in [4.78, 5) is 36.2. The van der Waals surface area contributed by atoms with Gasteiger partial charge in [-0.2, -0.15) is 0 Å². The van der Waals surface area contributed by atoms with E-state index >= 15 is 0 Å². The molecule has 162 valence electrons. The molecule has 2 aromatic rings. The van der Waals surface area contributed by atoms with Crippen LogP contribution in [0.1, 0.15) is 98.7 Å². The number of carbonyl (C=O) groups excluding carboxylic acids is 2. The number of nitrogens with zero attached hydrogens (tertiary/aromatic N) is 1. The number of hydrogen-bond acceptors (Lipinski definition) is 4. The van der Waals surface area contributed by atoms with Crippen LogP contribution < -0.4 is 0 Å². The highest BCUT2D eigenvalue weighted by atomic mass is 16.3. The second-order valence-electron chi connectivity index (χ2n) is 10.6. The van der Waals surface area contributed by atoms with E-state index in [1.54, 1.807) is 12.1 Å². The van der Waals surface area contributed by atoms with Gasteiger partial charge in [-0.25, -0.2) is 0 Å². The van der Waals surface area contributed by atoms with Gasteiger partial charge in [-0.15, -0.1) is 4.91 Å². The first-order chi connectivity index (χ1) is 14.5. The number of benzene rings is 2. The van der Waals surface area contributed by atoms with Crippen molar-refractivity contribution in [3.63, 3.8) is 0 Å². The van der Waals surface area contributed by atoms with Gasteiger partial charge >= 0.3 is 0 Å². The molecule has 0 N–H and O–H groups in total. The van der Waals surface area contributed by atoms with Crippen molar-refractivity contribution >= 4 is 11.6 Å². The topological polar surface area (TPSA) is 63.6 Å². The number of carbonyl (C=O) groups is 2. The van der Waals surface area contributed by atoms with Crippen LogP contribution in [0.2, 0.25) is 0 Å². The van der Waals surface area contributed by atoms with E-state index in [0.717, 1.165) is 29.5 Å². The Hall–Kier alpha value is -2.62. The highest BCUT2D eigenvalue weighted by Crippen LogP contribution is 2.47. The van der Waals surface area contributed by atoms with E-state index in [-0.39, 0.29) is 22.4 Å². The Morgan fingerprint density at radius 3 is 1.90 bits per heavy atom. The van der Waals surface area contributed by atoms with E-state index in [2.05, 4.69) is 51.9 Å². The minimum atomic E-state index is -0.648. The van der Waals surface area contributed by atoms with Crippen molar-refractivity contribution in [3.8, 4) is 0 Å². The van der Waals surface area contributed by atoms with Crippen molar-refractivity contribution in [1.29, 1.82) is 0 Å². The Morgan fingerprint density at radius 1 is 0.871 bits per heavy atom. The second kappa shape index (κ2) is 7.51. The predicted molar refractivity (Wildman–Crippen MR) is 123 cm³/mol. The van der Waals surface area contributed by atoms with Crippen molar-refractivity contribution < 1.29 is 9.59 Å². The van der Waals surface area contributed by atoms with Crippen LogP contribution in [-0.4, -0.2) is 11.6 Å². The van der Waals surface area contributed by atoms with Crippen molar-refractivity contribution in [2.24, 2.45) is 5.18 Å². The molecular formula is C27H31NO3. The summed E-state index contributed by atoms with van der Waals surface area (Å²) in [6.45, 7) is 11.2. The van der Waals surface area contributed by atoms with Crippen molar-refractivity contribution in [2.75, 3.05) is 0 Å². The Balaban J connectivity index is 1.74. The third-order valence-electron chi connectivity index (χ3n) is 7.49. The molecule has 1 unspecified atom stereocenters. The third kappa shape index (κ3) is 3.66. The lowest BCUT2D eigenvalue weighted by Gasteiger charge is -2.42. The highest BCUT2D eigenvalue weighted by Gasteiger charge is 2.38.